The fourth-order valence-electron chi connectivity index (χ4n) is 1.44. The van der Waals surface area contributed by atoms with E-state index in [-0.39, 0.29) is 4.83 Å². The number of hydrogen-bond acceptors (Lipinski definition) is 1. The van der Waals surface area contributed by atoms with E-state index >= 15 is 0 Å². The normalized spacial score (nSPS) is 12.7. The maximum Gasteiger partial charge on any atom is 0.159 e. The average molecular weight is 303 g/mol. The first-order valence-corrected chi connectivity index (χ1v) is 6.58. The van der Waals surface area contributed by atoms with E-state index in [1.54, 1.807) is 17.4 Å². The van der Waals surface area contributed by atoms with E-state index in [1.807, 2.05) is 17.5 Å². The minimum Gasteiger partial charge on any atom is -0.204 e. The van der Waals surface area contributed by atoms with Gasteiger partial charge in [-0.1, -0.05) is 28.1 Å². The molecule has 1 aromatic heterocycles. The maximum atomic E-state index is 13.0. The van der Waals surface area contributed by atoms with Crippen LogP contribution >= 0.6 is 27.3 Å². The molecule has 1 unspecified atom stereocenters. The average Bonchev–Trinajstić information content (AvgIpc) is 2.77. The Bertz CT molecular complexity index is 468. The van der Waals surface area contributed by atoms with Gasteiger partial charge in [-0.3, -0.25) is 0 Å². The summed E-state index contributed by atoms with van der Waals surface area (Å²) >= 11 is 5.18. The topological polar surface area (TPSA) is 0 Å². The number of rotatable bonds is 3. The van der Waals surface area contributed by atoms with Crippen molar-refractivity contribution in [1.29, 1.82) is 0 Å². The number of benzene rings is 1. The van der Waals surface area contributed by atoms with Crippen LogP contribution < -0.4 is 0 Å². The predicted octanol–water partition coefficient (Wildman–Crippen LogP) is 4.71. The minimum atomic E-state index is -0.800. The van der Waals surface area contributed by atoms with Crippen LogP contribution in [0.3, 0.4) is 0 Å². The van der Waals surface area contributed by atoms with Crippen LogP contribution in [0.25, 0.3) is 0 Å². The quantitative estimate of drug-likeness (QED) is 0.721. The molecule has 0 amide bonds. The Labute approximate surface area is 105 Å². The Morgan fingerprint density at radius 3 is 2.62 bits per heavy atom. The van der Waals surface area contributed by atoms with Crippen molar-refractivity contribution in [3.05, 3.63) is 57.8 Å². The third-order valence-corrected chi connectivity index (χ3v) is 4.36. The molecule has 0 saturated carbocycles. The van der Waals surface area contributed by atoms with Gasteiger partial charge in [0.05, 0.1) is 4.83 Å². The summed E-state index contributed by atoms with van der Waals surface area (Å²) in [5.41, 5.74) is 0.786. The Morgan fingerprint density at radius 1 is 1.19 bits per heavy atom. The minimum absolute atomic E-state index is 0.150. The standard InChI is InChI=1S/C12H9BrF2S/c13-9(12-2-1-5-16-12)6-8-3-4-10(14)11(15)7-8/h1-5,7,9H,6H2. The summed E-state index contributed by atoms with van der Waals surface area (Å²) in [7, 11) is 0. The van der Waals surface area contributed by atoms with E-state index in [0.29, 0.717) is 6.42 Å². The molecule has 0 radical (unpaired) electrons. The zero-order chi connectivity index (χ0) is 11.5. The predicted molar refractivity (Wildman–Crippen MR) is 66.0 cm³/mol. The molecule has 0 aliphatic rings. The fourth-order valence-corrected chi connectivity index (χ4v) is 3.00. The van der Waals surface area contributed by atoms with Crippen molar-refractivity contribution in [3.8, 4) is 0 Å². The third kappa shape index (κ3) is 2.68. The van der Waals surface area contributed by atoms with E-state index in [2.05, 4.69) is 15.9 Å². The van der Waals surface area contributed by atoms with Crippen molar-refractivity contribution in [2.45, 2.75) is 11.2 Å². The SMILES string of the molecule is Fc1ccc(CC(Br)c2cccs2)cc1F. The molecule has 0 aliphatic heterocycles. The molecule has 1 atom stereocenters. The molecule has 16 heavy (non-hydrogen) atoms. The summed E-state index contributed by atoms with van der Waals surface area (Å²) in [6.45, 7) is 0. The van der Waals surface area contributed by atoms with Crippen LogP contribution in [0, 0.1) is 11.6 Å². The summed E-state index contributed by atoms with van der Waals surface area (Å²) in [5, 5.41) is 1.99. The van der Waals surface area contributed by atoms with Gasteiger partial charge in [0.1, 0.15) is 0 Å². The van der Waals surface area contributed by atoms with Gasteiger partial charge in [0.25, 0.3) is 0 Å². The molecule has 0 aliphatic carbocycles. The lowest BCUT2D eigenvalue weighted by atomic mass is 10.1. The van der Waals surface area contributed by atoms with Gasteiger partial charge in [-0.05, 0) is 35.6 Å². The molecule has 2 aromatic rings. The van der Waals surface area contributed by atoms with Crippen molar-refractivity contribution in [3.63, 3.8) is 0 Å². The zero-order valence-corrected chi connectivity index (χ0v) is 10.7. The largest absolute Gasteiger partial charge is 0.204 e. The number of alkyl halides is 1. The highest BCUT2D eigenvalue weighted by Gasteiger charge is 2.11. The summed E-state index contributed by atoms with van der Waals surface area (Å²) in [6, 6.07) is 8.01. The Morgan fingerprint density at radius 2 is 2.00 bits per heavy atom. The van der Waals surface area contributed by atoms with E-state index in [9.17, 15) is 8.78 Å². The second-order valence-corrected chi connectivity index (χ2v) is 5.52. The molecule has 1 aromatic carbocycles. The lowest BCUT2D eigenvalue weighted by Crippen LogP contribution is -1.95. The zero-order valence-electron chi connectivity index (χ0n) is 8.29. The molecule has 0 bridgehead atoms. The third-order valence-electron chi connectivity index (χ3n) is 2.25. The Balaban J connectivity index is 2.12. The number of halogens is 3. The summed E-state index contributed by atoms with van der Waals surface area (Å²) in [6.07, 6.45) is 0.651. The number of hydrogen-bond donors (Lipinski definition) is 0. The van der Waals surface area contributed by atoms with Gasteiger partial charge in [0.15, 0.2) is 11.6 Å². The molecule has 4 heteroatoms. The van der Waals surface area contributed by atoms with Gasteiger partial charge >= 0.3 is 0 Å². The lowest BCUT2D eigenvalue weighted by molar-refractivity contribution is 0.507. The number of thiophene rings is 1. The van der Waals surface area contributed by atoms with Crippen LogP contribution in [0.5, 0.6) is 0 Å². The van der Waals surface area contributed by atoms with Crippen molar-refractivity contribution >= 4 is 27.3 Å². The van der Waals surface area contributed by atoms with Crippen LogP contribution in [0.15, 0.2) is 35.7 Å². The van der Waals surface area contributed by atoms with Gasteiger partial charge in [0, 0.05) is 4.88 Å². The molecule has 0 spiro atoms. The monoisotopic (exact) mass is 302 g/mol. The van der Waals surface area contributed by atoms with E-state index in [1.165, 1.54) is 17.0 Å². The molecule has 2 rings (SSSR count). The Hall–Kier alpha value is -0.740. The van der Waals surface area contributed by atoms with Gasteiger partial charge in [0.2, 0.25) is 0 Å². The highest BCUT2D eigenvalue weighted by Crippen LogP contribution is 2.30. The van der Waals surface area contributed by atoms with Crippen molar-refractivity contribution in [2.75, 3.05) is 0 Å². The molecular formula is C12H9BrF2S. The second kappa shape index (κ2) is 5.06. The van der Waals surface area contributed by atoms with Gasteiger partial charge < -0.3 is 0 Å². The summed E-state index contributed by atoms with van der Waals surface area (Å²) < 4.78 is 25.7. The molecule has 0 N–H and O–H groups in total. The van der Waals surface area contributed by atoms with Crippen molar-refractivity contribution in [2.24, 2.45) is 0 Å². The van der Waals surface area contributed by atoms with Crippen LogP contribution in [0.2, 0.25) is 0 Å². The molecule has 84 valence electrons. The van der Waals surface area contributed by atoms with E-state index in [0.717, 1.165) is 5.56 Å². The van der Waals surface area contributed by atoms with Crippen LogP contribution in [0.1, 0.15) is 15.3 Å². The van der Waals surface area contributed by atoms with E-state index in [4.69, 9.17) is 0 Å². The van der Waals surface area contributed by atoms with Crippen molar-refractivity contribution < 1.29 is 8.78 Å². The van der Waals surface area contributed by atoms with E-state index < -0.39 is 11.6 Å². The molecular weight excluding hydrogens is 294 g/mol. The lowest BCUT2D eigenvalue weighted by Gasteiger charge is -2.07. The van der Waals surface area contributed by atoms with Crippen LogP contribution in [-0.4, -0.2) is 0 Å². The summed E-state index contributed by atoms with van der Waals surface area (Å²) in [5.74, 6) is -1.59. The van der Waals surface area contributed by atoms with Crippen LogP contribution in [0.4, 0.5) is 8.78 Å². The molecule has 0 fully saturated rings. The fraction of sp³-hybridized carbons (Fsp3) is 0.167. The van der Waals surface area contributed by atoms with Gasteiger partial charge in [-0.25, -0.2) is 8.78 Å². The molecule has 0 saturated heterocycles. The molecule has 1 heterocycles. The Kier molecular flexibility index (Phi) is 3.71. The van der Waals surface area contributed by atoms with Gasteiger partial charge in [-0.15, -0.1) is 11.3 Å². The first-order chi connectivity index (χ1) is 7.66. The summed E-state index contributed by atoms with van der Waals surface area (Å²) in [4.78, 5) is 1.34. The highest BCUT2D eigenvalue weighted by atomic mass is 79.9. The maximum absolute atomic E-state index is 13.0. The first kappa shape index (κ1) is 11.7. The second-order valence-electron chi connectivity index (χ2n) is 3.44. The van der Waals surface area contributed by atoms with Crippen LogP contribution in [-0.2, 0) is 6.42 Å². The molecule has 0 nitrogen and oxygen atoms in total. The highest BCUT2D eigenvalue weighted by molar-refractivity contribution is 9.09. The first-order valence-electron chi connectivity index (χ1n) is 4.78. The smallest absolute Gasteiger partial charge is 0.159 e. The van der Waals surface area contributed by atoms with Crippen molar-refractivity contribution in [1.82, 2.24) is 0 Å². The van der Waals surface area contributed by atoms with Gasteiger partial charge in [-0.2, -0.15) is 0 Å².